The molecule has 2 fully saturated rings. The van der Waals surface area contributed by atoms with E-state index >= 15 is 0 Å². The first kappa shape index (κ1) is 9.37. The maximum Gasteiger partial charge on any atom is 0.375 e. The molecular weight excluding hydrogens is 184 g/mol. The summed E-state index contributed by atoms with van der Waals surface area (Å²) in [6.45, 7) is 1.82. The van der Waals surface area contributed by atoms with Gasteiger partial charge in [-0.1, -0.05) is 0 Å². The van der Waals surface area contributed by atoms with Gasteiger partial charge >= 0.3 is 5.97 Å². The zero-order valence-corrected chi connectivity index (χ0v) is 7.99. The Morgan fingerprint density at radius 1 is 1.43 bits per heavy atom. The molecule has 0 heterocycles. The Hall–Kier alpha value is -1.19. The Bertz CT molecular complexity index is 307. The summed E-state index contributed by atoms with van der Waals surface area (Å²) in [6.07, 6.45) is 1.46. The maximum atomic E-state index is 11.5. The highest BCUT2D eigenvalue weighted by atomic mass is 16.5. The average Bonchev–Trinajstić information content (AvgIpc) is 2.86. The largest absolute Gasteiger partial charge is 0.460 e. The smallest absolute Gasteiger partial charge is 0.375 e. The molecule has 0 aromatic carbocycles. The van der Waals surface area contributed by atoms with Gasteiger partial charge in [0, 0.05) is 5.92 Å². The molecule has 2 aliphatic carbocycles. The first-order chi connectivity index (χ1) is 6.65. The van der Waals surface area contributed by atoms with Crippen molar-refractivity contribution in [2.75, 3.05) is 6.61 Å². The van der Waals surface area contributed by atoms with Crippen LogP contribution in [0.15, 0.2) is 0 Å². The number of hydrogen-bond donors (Lipinski definition) is 0. The van der Waals surface area contributed by atoms with Gasteiger partial charge in [-0.2, -0.15) is 0 Å². The Labute approximate surface area is 81.6 Å². The fourth-order valence-electron chi connectivity index (χ4n) is 2.11. The van der Waals surface area contributed by atoms with E-state index < -0.39 is 17.7 Å². The molecule has 0 radical (unpaired) electrons. The van der Waals surface area contributed by atoms with Crippen molar-refractivity contribution < 1.29 is 19.1 Å². The number of rotatable bonds is 3. The summed E-state index contributed by atoms with van der Waals surface area (Å²) >= 11 is 0. The second kappa shape index (κ2) is 3.19. The minimum atomic E-state index is -0.854. The Morgan fingerprint density at radius 2 is 2.14 bits per heavy atom. The van der Waals surface area contributed by atoms with Crippen molar-refractivity contribution in [1.29, 1.82) is 0 Å². The highest BCUT2D eigenvalue weighted by molar-refractivity contribution is 6.39. The average molecular weight is 196 g/mol. The predicted octanol–water partition coefficient (Wildman–Crippen LogP) is 0.344. The van der Waals surface area contributed by atoms with Crippen LogP contribution < -0.4 is 0 Å². The van der Waals surface area contributed by atoms with Gasteiger partial charge in [0.1, 0.15) is 5.78 Å². The molecule has 0 saturated heterocycles. The topological polar surface area (TPSA) is 60.4 Å². The molecule has 0 aromatic heterocycles. The third kappa shape index (κ3) is 1.35. The summed E-state index contributed by atoms with van der Waals surface area (Å²) in [5.74, 6) is -1.81. The van der Waals surface area contributed by atoms with Crippen molar-refractivity contribution in [3.8, 4) is 0 Å². The van der Waals surface area contributed by atoms with Crippen LogP contribution in [-0.2, 0) is 19.1 Å². The minimum Gasteiger partial charge on any atom is -0.460 e. The van der Waals surface area contributed by atoms with E-state index in [1.54, 1.807) is 6.92 Å². The van der Waals surface area contributed by atoms with Gasteiger partial charge in [0.05, 0.1) is 12.5 Å². The number of ether oxygens (including phenoxy) is 1. The van der Waals surface area contributed by atoms with Crippen molar-refractivity contribution in [2.45, 2.75) is 19.8 Å². The van der Waals surface area contributed by atoms with E-state index in [4.69, 9.17) is 0 Å². The van der Waals surface area contributed by atoms with Crippen LogP contribution >= 0.6 is 0 Å². The SMILES string of the molecule is CCOC(=O)C(=O)C1C[C@H]2C[C@H]2C1=O. The Balaban J connectivity index is 1.99. The number of carbonyl (C=O) groups is 3. The molecule has 2 saturated carbocycles. The molecule has 4 nitrogen and oxygen atoms in total. The quantitative estimate of drug-likeness (QED) is 0.371. The van der Waals surface area contributed by atoms with Crippen LogP contribution in [0.1, 0.15) is 19.8 Å². The predicted molar refractivity (Wildman–Crippen MR) is 46.4 cm³/mol. The Morgan fingerprint density at radius 3 is 2.64 bits per heavy atom. The van der Waals surface area contributed by atoms with Crippen LogP contribution in [0, 0.1) is 17.8 Å². The lowest BCUT2D eigenvalue weighted by Crippen LogP contribution is -2.30. The van der Waals surface area contributed by atoms with Gasteiger partial charge in [-0.05, 0) is 25.7 Å². The number of Topliss-reactive ketones (excluding diaryl/α,β-unsaturated/α-hetero) is 2. The van der Waals surface area contributed by atoms with E-state index in [1.807, 2.05) is 0 Å². The van der Waals surface area contributed by atoms with Crippen LogP contribution in [0.5, 0.6) is 0 Å². The van der Waals surface area contributed by atoms with Gasteiger partial charge in [-0.15, -0.1) is 0 Å². The van der Waals surface area contributed by atoms with Crippen LogP contribution in [0.4, 0.5) is 0 Å². The fraction of sp³-hybridized carbons (Fsp3) is 0.700. The number of carbonyl (C=O) groups excluding carboxylic acids is 3. The van der Waals surface area contributed by atoms with Crippen molar-refractivity contribution >= 4 is 17.5 Å². The first-order valence-corrected chi connectivity index (χ1v) is 4.89. The van der Waals surface area contributed by atoms with Crippen LogP contribution in [0.2, 0.25) is 0 Å². The molecule has 0 aromatic rings. The third-order valence-corrected chi connectivity index (χ3v) is 2.96. The molecule has 2 aliphatic rings. The molecular formula is C10H12O4. The maximum absolute atomic E-state index is 11.5. The number of fused-ring (bicyclic) bond motifs is 1. The van der Waals surface area contributed by atoms with Crippen molar-refractivity contribution in [3.05, 3.63) is 0 Å². The molecule has 76 valence electrons. The lowest BCUT2D eigenvalue weighted by atomic mass is 9.97. The lowest BCUT2D eigenvalue weighted by molar-refractivity contribution is -0.156. The zero-order chi connectivity index (χ0) is 10.3. The summed E-state index contributed by atoms with van der Waals surface area (Å²) in [7, 11) is 0. The van der Waals surface area contributed by atoms with E-state index in [0.29, 0.717) is 12.3 Å². The van der Waals surface area contributed by atoms with E-state index in [-0.39, 0.29) is 18.3 Å². The fourth-order valence-corrected chi connectivity index (χ4v) is 2.11. The highest BCUT2D eigenvalue weighted by Crippen LogP contribution is 2.52. The van der Waals surface area contributed by atoms with Gasteiger partial charge in [-0.3, -0.25) is 9.59 Å². The van der Waals surface area contributed by atoms with Crippen molar-refractivity contribution in [1.82, 2.24) is 0 Å². The second-order valence-corrected chi connectivity index (χ2v) is 3.88. The summed E-state index contributed by atoms with van der Waals surface area (Å²) in [6, 6.07) is 0. The zero-order valence-electron chi connectivity index (χ0n) is 7.99. The molecule has 0 aliphatic heterocycles. The van der Waals surface area contributed by atoms with Crippen LogP contribution in [0.25, 0.3) is 0 Å². The number of ketones is 2. The van der Waals surface area contributed by atoms with Gasteiger partial charge in [0.25, 0.3) is 0 Å². The normalized spacial score (nSPS) is 33.8. The lowest BCUT2D eigenvalue weighted by Gasteiger charge is -2.07. The minimum absolute atomic E-state index is 0.0481. The number of hydrogen-bond acceptors (Lipinski definition) is 4. The van der Waals surface area contributed by atoms with E-state index in [2.05, 4.69) is 4.74 Å². The standard InChI is InChI=1S/C10H12O4/c1-2-14-10(13)9(12)7-4-5-3-6(5)8(7)11/h5-7H,2-4H2,1H3/t5-,6-,7?/m1/s1. The van der Waals surface area contributed by atoms with Gasteiger partial charge < -0.3 is 4.74 Å². The summed E-state index contributed by atoms with van der Waals surface area (Å²) < 4.78 is 4.57. The van der Waals surface area contributed by atoms with Gasteiger partial charge in [0.2, 0.25) is 5.78 Å². The van der Waals surface area contributed by atoms with E-state index in [0.717, 1.165) is 6.42 Å². The molecule has 1 unspecified atom stereocenters. The second-order valence-electron chi connectivity index (χ2n) is 3.88. The third-order valence-electron chi connectivity index (χ3n) is 2.96. The molecule has 0 bridgehead atoms. The Kier molecular flexibility index (Phi) is 2.13. The summed E-state index contributed by atoms with van der Waals surface area (Å²) in [5, 5.41) is 0. The van der Waals surface area contributed by atoms with E-state index in [9.17, 15) is 14.4 Å². The summed E-state index contributed by atoms with van der Waals surface area (Å²) in [4.78, 5) is 34.0. The van der Waals surface area contributed by atoms with E-state index in [1.165, 1.54) is 0 Å². The molecule has 3 atom stereocenters. The van der Waals surface area contributed by atoms with Crippen LogP contribution in [-0.4, -0.2) is 24.1 Å². The van der Waals surface area contributed by atoms with Crippen molar-refractivity contribution in [3.63, 3.8) is 0 Å². The molecule has 2 rings (SSSR count). The van der Waals surface area contributed by atoms with Crippen molar-refractivity contribution in [2.24, 2.45) is 17.8 Å². The monoisotopic (exact) mass is 196 g/mol. The molecule has 4 heteroatoms. The molecule has 14 heavy (non-hydrogen) atoms. The summed E-state index contributed by atoms with van der Waals surface area (Å²) in [5.41, 5.74) is 0. The number of esters is 1. The van der Waals surface area contributed by atoms with Gasteiger partial charge in [0.15, 0.2) is 0 Å². The molecule has 0 amide bonds. The van der Waals surface area contributed by atoms with Gasteiger partial charge in [-0.25, -0.2) is 4.79 Å². The molecule has 0 spiro atoms. The first-order valence-electron chi connectivity index (χ1n) is 4.89. The molecule has 0 N–H and O–H groups in total. The van der Waals surface area contributed by atoms with Crippen LogP contribution in [0.3, 0.4) is 0 Å². The highest BCUT2D eigenvalue weighted by Gasteiger charge is 2.56.